The molecule has 0 aromatic heterocycles. The fourth-order valence-electron chi connectivity index (χ4n) is 3.95. The zero-order valence-electron chi connectivity index (χ0n) is 15.8. The number of rotatable bonds is 5. The Kier molecular flexibility index (Phi) is 6.17. The fourth-order valence-corrected chi connectivity index (χ4v) is 4.54. The van der Waals surface area contributed by atoms with Crippen molar-refractivity contribution in [2.75, 3.05) is 14.2 Å². The minimum absolute atomic E-state index is 0.198. The van der Waals surface area contributed by atoms with Gasteiger partial charge < -0.3 is 0 Å². The average Bonchev–Trinajstić information content (AvgIpc) is 3.21. The van der Waals surface area contributed by atoms with Gasteiger partial charge in [0.25, 0.3) is 0 Å². The van der Waals surface area contributed by atoms with Crippen LogP contribution in [0.25, 0.3) is 0 Å². The molecule has 0 spiro atoms. The van der Waals surface area contributed by atoms with Crippen LogP contribution in [0, 0.1) is 11.3 Å². The molecule has 2 aliphatic rings. The predicted molar refractivity (Wildman–Crippen MR) is 102 cm³/mol. The second-order valence-corrected chi connectivity index (χ2v) is 8.31. The monoisotopic (exact) mass is 429 g/mol. The number of benzene rings is 1. The van der Waals surface area contributed by atoms with Crippen LogP contribution in [0.5, 0.6) is 11.5 Å². The molecule has 0 amide bonds. The maximum atomic E-state index is 12.2. The Bertz CT molecular complexity index is 792. The summed E-state index contributed by atoms with van der Waals surface area (Å²) in [5.41, 5.74) is 0.673. The summed E-state index contributed by atoms with van der Waals surface area (Å²) in [5.74, 6) is 0.991. The SMILES string of the molecule is COC(=O)C1=C([As])CCC(C#N)(c2ccc(OC)c(OC3CCCC3)c2)C1. The zero-order valence-corrected chi connectivity index (χ0v) is 17.7. The molecule has 5 nitrogen and oxygen atoms in total. The minimum atomic E-state index is -0.771. The summed E-state index contributed by atoms with van der Waals surface area (Å²) >= 11 is 2.45. The van der Waals surface area contributed by atoms with Crippen molar-refractivity contribution in [2.24, 2.45) is 0 Å². The molecule has 1 aromatic carbocycles. The number of allylic oxidation sites excluding steroid dienone is 1. The molecule has 0 saturated heterocycles. The molecular formula is C21H24AsNO4. The average molecular weight is 429 g/mol. The van der Waals surface area contributed by atoms with Crippen LogP contribution in [0.3, 0.4) is 0 Å². The molecule has 142 valence electrons. The predicted octanol–water partition coefficient (Wildman–Crippen LogP) is 3.56. The summed E-state index contributed by atoms with van der Waals surface area (Å²) in [7, 11) is 3.00. The van der Waals surface area contributed by atoms with Crippen LogP contribution in [0.15, 0.2) is 28.1 Å². The van der Waals surface area contributed by atoms with Gasteiger partial charge in [-0.15, -0.1) is 0 Å². The number of ether oxygens (including phenoxy) is 3. The van der Waals surface area contributed by atoms with E-state index in [4.69, 9.17) is 14.2 Å². The number of hydrogen-bond acceptors (Lipinski definition) is 5. The maximum absolute atomic E-state index is 12.2. The molecule has 0 aliphatic heterocycles. The molecule has 1 atom stereocenters. The summed E-state index contributed by atoms with van der Waals surface area (Å²) < 4.78 is 17.5. The normalized spacial score (nSPS) is 23.0. The van der Waals surface area contributed by atoms with Crippen LogP contribution in [-0.2, 0) is 14.9 Å². The van der Waals surface area contributed by atoms with E-state index in [1.165, 1.54) is 20.0 Å². The van der Waals surface area contributed by atoms with Crippen molar-refractivity contribution in [1.82, 2.24) is 0 Å². The van der Waals surface area contributed by atoms with E-state index in [9.17, 15) is 10.1 Å². The summed E-state index contributed by atoms with van der Waals surface area (Å²) in [6.45, 7) is 0. The molecule has 1 unspecified atom stereocenters. The molecule has 2 aliphatic carbocycles. The van der Waals surface area contributed by atoms with E-state index >= 15 is 0 Å². The van der Waals surface area contributed by atoms with Gasteiger partial charge >= 0.3 is 169 Å². The van der Waals surface area contributed by atoms with Crippen LogP contribution in [-0.4, -0.2) is 43.1 Å². The third-order valence-corrected chi connectivity index (χ3v) is 6.61. The molecule has 27 heavy (non-hydrogen) atoms. The first-order valence-electron chi connectivity index (χ1n) is 9.28. The van der Waals surface area contributed by atoms with Gasteiger partial charge in [-0.05, 0) is 0 Å². The van der Waals surface area contributed by atoms with Crippen molar-refractivity contribution in [3.8, 4) is 17.6 Å². The zero-order chi connectivity index (χ0) is 19.4. The van der Waals surface area contributed by atoms with Crippen LogP contribution < -0.4 is 9.47 Å². The van der Waals surface area contributed by atoms with E-state index in [2.05, 4.69) is 22.9 Å². The van der Waals surface area contributed by atoms with Crippen LogP contribution in [0.1, 0.15) is 50.5 Å². The molecule has 0 N–H and O–H groups in total. The van der Waals surface area contributed by atoms with Gasteiger partial charge in [-0.25, -0.2) is 0 Å². The van der Waals surface area contributed by atoms with Gasteiger partial charge in [-0.2, -0.15) is 0 Å². The van der Waals surface area contributed by atoms with E-state index in [0.717, 1.165) is 22.8 Å². The number of nitrogens with zero attached hydrogens (tertiary/aromatic N) is 1. The van der Waals surface area contributed by atoms with E-state index in [1.807, 2.05) is 18.2 Å². The van der Waals surface area contributed by atoms with Crippen molar-refractivity contribution in [3.05, 3.63) is 33.7 Å². The van der Waals surface area contributed by atoms with E-state index in [1.54, 1.807) is 7.11 Å². The first-order chi connectivity index (χ1) is 13.0. The van der Waals surface area contributed by atoms with Crippen molar-refractivity contribution in [3.63, 3.8) is 0 Å². The summed E-state index contributed by atoms with van der Waals surface area (Å²) in [6.07, 6.45) is 6.32. The molecule has 1 aromatic rings. The second-order valence-electron chi connectivity index (χ2n) is 7.18. The number of methoxy groups -OCH3 is 2. The summed E-state index contributed by atoms with van der Waals surface area (Å²) in [5, 5.41) is 10.1. The molecule has 3 rings (SSSR count). The van der Waals surface area contributed by atoms with E-state index in [0.29, 0.717) is 36.3 Å². The standard InChI is InChI=1S/C21H24AsNO4/c1-25-18-8-7-14(11-19(18)27-15-5-3-4-6-15)21(13-23)10-9-17(22)16(12-21)20(24)26-2/h7-8,11,15H,3-6,9-10,12H2,1-2H3. The number of nitriles is 1. The Hall–Kier alpha value is -1.92. The molecule has 0 bridgehead atoms. The molecule has 6 heteroatoms. The van der Waals surface area contributed by atoms with Gasteiger partial charge in [0.1, 0.15) is 0 Å². The molecule has 0 heterocycles. The fraction of sp³-hybridized carbons (Fsp3) is 0.524. The van der Waals surface area contributed by atoms with E-state index in [-0.39, 0.29) is 12.1 Å². The summed E-state index contributed by atoms with van der Waals surface area (Å²) in [4.78, 5) is 12.2. The van der Waals surface area contributed by atoms with Gasteiger partial charge in [-0.1, -0.05) is 0 Å². The Morgan fingerprint density at radius 3 is 2.63 bits per heavy atom. The van der Waals surface area contributed by atoms with Crippen molar-refractivity contribution in [1.29, 1.82) is 5.26 Å². The molecular weight excluding hydrogens is 405 g/mol. The Labute approximate surface area is 169 Å². The second kappa shape index (κ2) is 8.40. The van der Waals surface area contributed by atoms with Crippen molar-refractivity contribution in [2.45, 2.75) is 56.5 Å². The molecule has 2 radical (unpaired) electrons. The van der Waals surface area contributed by atoms with Crippen LogP contribution >= 0.6 is 0 Å². The van der Waals surface area contributed by atoms with Crippen LogP contribution in [0.2, 0.25) is 0 Å². The third kappa shape index (κ3) is 4.01. The van der Waals surface area contributed by atoms with Gasteiger partial charge in [0.15, 0.2) is 0 Å². The first-order valence-corrected chi connectivity index (χ1v) is 10.2. The van der Waals surface area contributed by atoms with Crippen LogP contribution in [0.4, 0.5) is 0 Å². The number of hydrogen-bond donors (Lipinski definition) is 0. The van der Waals surface area contributed by atoms with Gasteiger partial charge in [-0.3, -0.25) is 0 Å². The molecule has 1 saturated carbocycles. The summed E-state index contributed by atoms with van der Waals surface area (Å²) in [6, 6.07) is 8.17. The molecule has 1 fully saturated rings. The number of esters is 1. The number of carbonyl (C=O) groups is 1. The third-order valence-electron chi connectivity index (χ3n) is 5.57. The van der Waals surface area contributed by atoms with Crippen molar-refractivity contribution >= 4 is 22.8 Å². The first kappa shape index (κ1) is 19.8. The quantitative estimate of drug-likeness (QED) is 0.529. The number of carbonyl (C=O) groups excluding carboxylic acids is 1. The Morgan fingerprint density at radius 1 is 1.26 bits per heavy atom. The Balaban J connectivity index is 1.95. The Morgan fingerprint density at radius 2 is 2.00 bits per heavy atom. The van der Waals surface area contributed by atoms with Gasteiger partial charge in [0.2, 0.25) is 0 Å². The van der Waals surface area contributed by atoms with Crippen molar-refractivity contribution < 1.29 is 19.0 Å². The topological polar surface area (TPSA) is 68.6 Å². The van der Waals surface area contributed by atoms with Gasteiger partial charge in [0.05, 0.1) is 0 Å². The van der Waals surface area contributed by atoms with E-state index < -0.39 is 5.41 Å². The van der Waals surface area contributed by atoms with Gasteiger partial charge in [0, 0.05) is 0 Å².